The average Bonchev–Trinajstić information content (AvgIpc) is 2.46. The van der Waals surface area contributed by atoms with Crippen LogP contribution in [0.5, 0.6) is 5.88 Å². The number of thiocarbonyl (C=S) groups is 1. The Morgan fingerprint density at radius 1 is 1.53 bits per heavy atom. The molecule has 1 atom stereocenters. The number of ether oxygens (including phenoxy) is 1. The fraction of sp³-hybridized carbons (Fsp3) is 0.538. The lowest BCUT2D eigenvalue weighted by Crippen LogP contribution is -2.35. The summed E-state index contributed by atoms with van der Waals surface area (Å²) in [5, 5.41) is 0. The van der Waals surface area contributed by atoms with Crippen molar-refractivity contribution >= 4 is 29.6 Å². The summed E-state index contributed by atoms with van der Waals surface area (Å²) < 4.78 is 5.98. The van der Waals surface area contributed by atoms with Crippen LogP contribution in [0.1, 0.15) is 12.0 Å². The second-order valence-electron chi connectivity index (χ2n) is 4.87. The Kier molecular flexibility index (Phi) is 5.97. The Balaban J connectivity index is 0.00000180. The summed E-state index contributed by atoms with van der Waals surface area (Å²) in [5.41, 5.74) is 0.919. The van der Waals surface area contributed by atoms with Crippen LogP contribution in [0, 0.1) is 0 Å². The fourth-order valence-corrected chi connectivity index (χ4v) is 2.22. The number of hydrogen-bond acceptors (Lipinski definition) is 4. The van der Waals surface area contributed by atoms with E-state index in [1.807, 2.05) is 19.2 Å². The molecule has 2 heterocycles. The predicted octanol–water partition coefficient (Wildman–Crippen LogP) is 1.82. The molecule has 0 saturated heterocycles. The molecule has 0 amide bonds. The molecule has 0 spiro atoms. The van der Waals surface area contributed by atoms with Crippen LogP contribution in [0.2, 0.25) is 0 Å². The van der Waals surface area contributed by atoms with Crippen LogP contribution in [-0.4, -0.2) is 60.1 Å². The standard InChI is InChI=1S/C13H19N3OS.ClH/c1-15(2)8-6-10-9-16(3)13(18)11-5-4-7-14-12(11)17-10;/h4-5,7,10H,6,8-9H2,1-3H3;1H/t10-;/m0./s1. The molecule has 0 radical (unpaired) electrons. The molecule has 4 nitrogen and oxygen atoms in total. The molecule has 1 aliphatic rings. The molecule has 1 aromatic rings. The molecular weight excluding hydrogens is 282 g/mol. The molecule has 0 N–H and O–H groups in total. The van der Waals surface area contributed by atoms with Crippen molar-refractivity contribution in [1.29, 1.82) is 0 Å². The normalized spacial score (nSPS) is 18.4. The number of likely N-dealkylation sites (N-methyl/N-ethyl adjacent to an activating group) is 1. The largest absolute Gasteiger partial charge is 0.472 e. The number of aromatic nitrogens is 1. The topological polar surface area (TPSA) is 28.6 Å². The van der Waals surface area contributed by atoms with E-state index in [0.717, 1.165) is 30.1 Å². The van der Waals surface area contributed by atoms with Gasteiger partial charge in [0.05, 0.1) is 12.1 Å². The molecule has 0 aliphatic carbocycles. The maximum atomic E-state index is 5.98. The van der Waals surface area contributed by atoms with E-state index in [-0.39, 0.29) is 18.5 Å². The van der Waals surface area contributed by atoms with E-state index in [9.17, 15) is 0 Å². The van der Waals surface area contributed by atoms with Gasteiger partial charge in [-0.2, -0.15) is 0 Å². The molecule has 1 aromatic heterocycles. The Hall–Kier alpha value is -0.910. The van der Waals surface area contributed by atoms with E-state index >= 15 is 0 Å². The predicted molar refractivity (Wildman–Crippen MR) is 83.4 cm³/mol. The SMILES string of the molecule is CN(C)CC[C@H]1CN(C)C(=S)c2cccnc2O1.Cl. The minimum atomic E-state index is 0. The minimum absolute atomic E-state index is 0. The third-order valence-electron chi connectivity index (χ3n) is 3.00. The first-order valence-corrected chi connectivity index (χ1v) is 6.50. The average molecular weight is 302 g/mol. The summed E-state index contributed by atoms with van der Waals surface area (Å²) >= 11 is 5.45. The van der Waals surface area contributed by atoms with Crippen LogP contribution in [0.25, 0.3) is 0 Å². The summed E-state index contributed by atoms with van der Waals surface area (Å²) in [6, 6.07) is 3.86. The Bertz CT molecular complexity index is 442. The van der Waals surface area contributed by atoms with Gasteiger partial charge in [-0.1, -0.05) is 12.2 Å². The van der Waals surface area contributed by atoms with Gasteiger partial charge in [-0.15, -0.1) is 12.4 Å². The Morgan fingerprint density at radius 3 is 2.95 bits per heavy atom. The smallest absolute Gasteiger partial charge is 0.224 e. The minimum Gasteiger partial charge on any atom is -0.472 e. The number of fused-ring (bicyclic) bond motifs is 1. The molecule has 0 bridgehead atoms. The zero-order valence-electron chi connectivity index (χ0n) is 11.5. The van der Waals surface area contributed by atoms with Crippen LogP contribution in [0.3, 0.4) is 0 Å². The second kappa shape index (κ2) is 7.03. The third-order valence-corrected chi connectivity index (χ3v) is 3.53. The maximum absolute atomic E-state index is 5.98. The maximum Gasteiger partial charge on any atom is 0.224 e. The van der Waals surface area contributed by atoms with Gasteiger partial charge in [0.15, 0.2) is 0 Å². The quantitative estimate of drug-likeness (QED) is 0.794. The van der Waals surface area contributed by atoms with Crippen LogP contribution in [-0.2, 0) is 0 Å². The van der Waals surface area contributed by atoms with Crippen LogP contribution in [0.15, 0.2) is 18.3 Å². The van der Waals surface area contributed by atoms with Gasteiger partial charge in [0.25, 0.3) is 0 Å². The van der Waals surface area contributed by atoms with Gasteiger partial charge >= 0.3 is 0 Å². The van der Waals surface area contributed by atoms with Crippen LogP contribution in [0.4, 0.5) is 0 Å². The van der Waals surface area contributed by atoms with Gasteiger partial charge in [-0.25, -0.2) is 4.98 Å². The molecule has 106 valence electrons. The van der Waals surface area contributed by atoms with Crippen molar-refractivity contribution in [2.45, 2.75) is 12.5 Å². The molecule has 0 saturated carbocycles. The molecule has 0 fully saturated rings. The molecule has 2 rings (SSSR count). The lowest BCUT2D eigenvalue weighted by molar-refractivity contribution is 0.154. The monoisotopic (exact) mass is 301 g/mol. The van der Waals surface area contributed by atoms with Crippen molar-refractivity contribution in [2.75, 3.05) is 34.2 Å². The van der Waals surface area contributed by atoms with E-state index in [1.165, 1.54) is 0 Å². The summed E-state index contributed by atoms with van der Waals surface area (Å²) in [6.45, 7) is 1.80. The van der Waals surface area contributed by atoms with Crippen molar-refractivity contribution in [1.82, 2.24) is 14.8 Å². The van der Waals surface area contributed by atoms with E-state index in [2.05, 4.69) is 28.9 Å². The van der Waals surface area contributed by atoms with Crippen molar-refractivity contribution in [3.05, 3.63) is 23.9 Å². The molecule has 0 unspecified atom stereocenters. The lowest BCUT2D eigenvalue weighted by Gasteiger charge is -2.22. The Labute approximate surface area is 126 Å². The number of halogens is 1. The van der Waals surface area contributed by atoms with E-state index in [4.69, 9.17) is 17.0 Å². The van der Waals surface area contributed by atoms with Gasteiger partial charge in [0.2, 0.25) is 5.88 Å². The lowest BCUT2D eigenvalue weighted by atomic mass is 10.2. The number of nitrogens with zero attached hydrogens (tertiary/aromatic N) is 3. The first-order valence-electron chi connectivity index (χ1n) is 6.10. The van der Waals surface area contributed by atoms with Crippen molar-refractivity contribution in [3.8, 4) is 5.88 Å². The van der Waals surface area contributed by atoms with Crippen molar-refractivity contribution in [3.63, 3.8) is 0 Å². The third kappa shape index (κ3) is 4.03. The van der Waals surface area contributed by atoms with Gasteiger partial charge < -0.3 is 14.5 Å². The summed E-state index contributed by atoms with van der Waals surface area (Å²) in [6.07, 6.45) is 2.85. The highest BCUT2D eigenvalue weighted by Crippen LogP contribution is 2.23. The number of pyridine rings is 1. The van der Waals surface area contributed by atoms with Gasteiger partial charge in [-0.05, 0) is 32.6 Å². The highest BCUT2D eigenvalue weighted by atomic mass is 35.5. The zero-order valence-corrected chi connectivity index (χ0v) is 13.1. The highest BCUT2D eigenvalue weighted by Gasteiger charge is 2.24. The first kappa shape index (κ1) is 16.1. The zero-order chi connectivity index (χ0) is 13.1. The van der Waals surface area contributed by atoms with E-state index in [1.54, 1.807) is 6.20 Å². The summed E-state index contributed by atoms with van der Waals surface area (Å²) in [5.74, 6) is 0.663. The van der Waals surface area contributed by atoms with Gasteiger partial charge in [0.1, 0.15) is 11.1 Å². The van der Waals surface area contributed by atoms with E-state index in [0.29, 0.717) is 5.88 Å². The summed E-state index contributed by atoms with van der Waals surface area (Å²) in [4.78, 5) is 9.33. The number of hydrogen-bond donors (Lipinski definition) is 0. The molecule has 0 aromatic carbocycles. The van der Waals surface area contributed by atoms with Crippen molar-refractivity contribution < 1.29 is 4.74 Å². The molecular formula is C13H20ClN3OS. The van der Waals surface area contributed by atoms with E-state index < -0.39 is 0 Å². The second-order valence-corrected chi connectivity index (χ2v) is 5.26. The van der Waals surface area contributed by atoms with Gasteiger partial charge in [-0.3, -0.25) is 0 Å². The van der Waals surface area contributed by atoms with Crippen LogP contribution < -0.4 is 4.74 Å². The molecule has 1 aliphatic heterocycles. The molecule has 6 heteroatoms. The first-order chi connectivity index (χ1) is 8.58. The molecule has 19 heavy (non-hydrogen) atoms. The summed E-state index contributed by atoms with van der Waals surface area (Å²) in [7, 11) is 6.14. The van der Waals surface area contributed by atoms with Crippen molar-refractivity contribution in [2.24, 2.45) is 0 Å². The fourth-order valence-electron chi connectivity index (χ4n) is 1.99. The Morgan fingerprint density at radius 2 is 2.26 bits per heavy atom. The van der Waals surface area contributed by atoms with Crippen LogP contribution >= 0.6 is 24.6 Å². The van der Waals surface area contributed by atoms with Gasteiger partial charge in [0, 0.05) is 19.8 Å². The number of rotatable bonds is 3. The highest BCUT2D eigenvalue weighted by molar-refractivity contribution is 7.80.